The van der Waals surface area contributed by atoms with E-state index >= 15 is 0 Å². The molecular formula is C16H20. The molecule has 2 rings (SSSR count). The van der Waals surface area contributed by atoms with Gasteiger partial charge in [0.1, 0.15) is 0 Å². The summed E-state index contributed by atoms with van der Waals surface area (Å²) < 4.78 is 0. The van der Waals surface area contributed by atoms with Crippen LogP contribution in [0.15, 0.2) is 59.8 Å². The zero-order valence-corrected chi connectivity index (χ0v) is 10.2. The van der Waals surface area contributed by atoms with Crippen LogP contribution in [0.5, 0.6) is 0 Å². The molecule has 0 heterocycles. The van der Waals surface area contributed by atoms with Crippen LogP contribution in [0, 0.1) is 11.8 Å². The maximum absolute atomic E-state index is 2.38. The Morgan fingerprint density at radius 2 is 1.81 bits per heavy atom. The van der Waals surface area contributed by atoms with E-state index in [-0.39, 0.29) is 0 Å². The minimum atomic E-state index is 0.579. The minimum Gasteiger partial charge on any atom is -0.0881 e. The first-order valence-electron chi connectivity index (χ1n) is 6.17. The maximum atomic E-state index is 2.38. The van der Waals surface area contributed by atoms with Crippen molar-refractivity contribution in [2.45, 2.75) is 26.7 Å². The van der Waals surface area contributed by atoms with Crippen molar-refractivity contribution in [2.24, 2.45) is 11.8 Å². The molecule has 0 aromatic heterocycles. The smallest absolute Gasteiger partial charge is 0.00191 e. The van der Waals surface area contributed by atoms with Gasteiger partial charge < -0.3 is 0 Å². The zero-order valence-electron chi connectivity index (χ0n) is 10.2. The number of hydrogen-bond acceptors (Lipinski definition) is 0. The van der Waals surface area contributed by atoms with E-state index < -0.39 is 0 Å². The van der Waals surface area contributed by atoms with Gasteiger partial charge in [-0.2, -0.15) is 0 Å². The van der Waals surface area contributed by atoms with E-state index in [1.54, 1.807) is 5.57 Å². The lowest BCUT2D eigenvalue weighted by Crippen LogP contribution is -2.13. The maximum Gasteiger partial charge on any atom is 0.00191 e. The van der Waals surface area contributed by atoms with Gasteiger partial charge in [0.25, 0.3) is 0 Å². The van der Waals surface area contributed by atoms with Crippen molar-refractivity contribution >= 4 is 0 Å². The third-order valence-corrected chi connectivity index (χ3v) is 3.52. The summed E-state index contributed by atoms with van der Waals surface area (Å²) in [6.45, 7) is 4.23. The van der Waals surface area contributed by atoms with E-state index in [0.29, 0.717) is 11.8 Å². The quantitative estimate of drug-likeness (QED) is 0.558. The molecule has 0 spiro atoms. The molecule has 0 heteroatoms. The summed E-state index contributed by atoms with van der Waals surface area (Å²) in [5.41, 5.74) is 2.90. The van der Waals surface area contributed by atoms with Gasteiger partial charge in [-0.15, -0.1) is 0 Å². The number of allylic oxidation sites excluding steroid dienone is 10. The molecule has 0 aromatic carbocycles. The Kier molecular flexibility index (Phi) is 3.61. The summed E-state index contributed by atoms with van der Waals surface area (Å²) >= 11 is 0. The molecule has 0 nitrogen and oxygen atoms in total. The van der Waals surface area contributed by atoms with Crippen molar-refractivity contribution in [2.75, 3.05) is 0 Å². The molecule has 0 N–H and O–H groups in total. The van der Waals surface area contributed by atoms with E-state index in [9.17, 15) is 0 Å². The van der Waals surface area contributed by atoms with Crippen LogP contribution in [0.2, 0.25) is 0 Å². The van der Waals surface area contributed by atoms with Crippen molar-refractivity contribution in [3.63, 3.8) is 0 Å². The molecule has 2 aliphatic rings. The van der Waals surface area contributed by atoms with Gasteiger partial charge in [-0.1, -0.05) is 54.2 Å². The minimum absolute atomic E-state index is 0.579. The van der Waals surface area contributed by atoms with E-state index in [0.717, 1.165) is 6.42 Å². The van der Waals surface area contributed by atoms with Crippen LogP contribution in [0.1, 0.15) is 26.7 Å². The molecule has 1 atom stereocenters. The summed E-state index contributed by atoms with van der Waals surface area (Å²) in [5.74, 6) is 1.24. The summed E-state index contributed by atoms with van der Waals surface area (Å²) in [5, 5.41) is 0. The molecule has 84 valence electrons. The fourth-order valence-electron chi connectivity index (χ4n) is 2.39. The predicted octanol–water partition coefficient (Wildman–Crippen LogP) is 4.59. The van der Waals surface area contributed by atoms with Crippen molar-refractivity contribution in [3.05, 3.63) is 59.8 Å². The summed E-state index contributed by atoms with van der Waals surface area (Å²) in [4.78, 5) is 0. The van der Waals surface area contributed by atoms with Gasteiger partial charge in [-0.3, -0.25) is 0 Å². The largest absolute Gasteiger partial charge is 0.0881 e. The molecule has 0 amide bonds. The molecular weight excluding hydrogens is 192 g/mol. The second-order valence-corrected chi connectivity index (χ2v) is 4.53. The van der Waals surface area contributed by atoms with Gasteiger partial charge in [-0.25, -0.2) is 0 Å². The summed E-state index contributed by atoms with van der Waals surface area (Å²) in [6, 6.07) is 0. The van der Waals surface area contributed by atoms with E-state index in [1.165, 1.54) is 12.0 Å². The predicted molar refractivity (Wildman–Crippen MR) is 71.1 cm³/mol. The number of rotatable bonds is 1. The average Bonchev–Trinajstić information content (AvgIpc) is 2.39. The van der Waals surface area contributed by atoms with Gasteiger partial charge in [-0.05, 0) is 38.2 Å². The second-order valence-electron chi connectivity index (χ2n) is 4.53. The molecule has 1 unspecified atom stereocenters. The SMILES string of the molecule is CC=C1C=CC(C2C=CC/C(=C\C)C2)C=C1. The Morgan fingerprint density at radius 1 is 1.06 bits per heavy atom. The molecule has 2 aliphatic carbocycles. The highest BCUT2D eigenvalue weighted by Gasteiger charge is 2.19. The van der Waals surface area contributed by atoms with E-state index in [4.69, 9.17) is 0 Å². The van der Waals surface area contributed by atoms with Crippen LogP contribution < -0.4 is 0 Å². The molecule has 0 aromatic rings. The van der Waals surface area contributed by atoms with Crippen molar-refractivity contribution in [1.29, 1.82) is 0 Å². The van der Waals surface area contributed by atoms with Crippen molar-refractivity contribution < 1.29 is 0 Å². The van der Waals surface area contributed by atoms with Gasteiger partial charge in [0.05, 0.1) is 0 Å². The Morgan fingerprint density at radius 3 is 2.44 bits per heavy atom. The molecule has 0 bridgehead atoms. The first-order valence-corrected chi connectivity index (χ1v) is 6.17. The zero-order chi connectivity index (χ0) is 11.4. The Bertz CT molecular complexity index is 372. The van der Waals surface area contributed by atoms with Crippen molar-refractivity contribution in [3.8, 4) is 0 Å². The highest BCUT2D eigenvalue weighted by Crippen LogP contribution is 2.32. The molecule has 0 saturated carbocycles. The van der Waals surface area contributed by atoms with Crippen LogP contribution in [-0.2, 0) is 0 Å². The van der Waals surface area contributed by atoms with Gasteiger partial charge in [0.15, 0.2) is 0 Å². The van der Waals surface area contributed by atoms with E-state index in [2.05, 4.69) is 62.5 Å². The summed E-state index contributed by atoms with van der Waals surface area (Å²) in [6.07, 6.45) is 20.6. The topological polar surface area (TPSA) is 0 Å². The van der Waals surface area contributed by atoms with Crippen molar-refractivity contribution in [1.82, 2.24) is 0 Å². The van der Waals surface area contributed by atoms with Crippen LogP contribution >= 0.6 is 0 Å². The monoisotopic (exact) mass is 212 g/mol. The molecule has 0 fully saturated rings. The Labute approximate surface area is 98.8 Å². The summed E-state index contributed by atoms with van der Waals surface area (Å²) in [7, 11) is 0. The van der Waals surface area contributed by atoms with Gasteiger partial charge in [0.2, 0.25) is 0 Å². The highest BCUT2D eigenvalue weighted by atomic mass is 14.2. The van der Waals surface area contributed by atoms with Crippen LogP contribution in [-0.4, -0.2) is 0 Å². The molecule has 16 heavy (non-hydrogen) atoms. The Balaban J connectivity index is 2.08. The lowest BCUT2D eigenvalue weighted by Gasteiger charge is -2.25. The average molecular weight is 212 g/mol. The third kappa shape index (κ3) is 2.44. The van der Waals surface area contributed by atoms with Gasteiger partial charge >= 0.3 is 0 Å². The van der Waals surface area contributed by atoms with Crippen LogP contribution in [0.25, 0.3) is 0 Å². The van der Waals surface area contributed by atoms with Gasteiger partial charge in [0, 0.05) is 5.92 Å². The third-order valence-electron chi connectivity index (χ3n) is 3.52. The highest BCUT2D eigenvalue weighted by molar-refractivity contribution is 5.36. The second kappa shape index (κ2) is 5.16. The number of hydrogen-bond donors (Lipinski definition) is 0. The fraction of sp³-hybridized carbons (Fsp3) is 0.375. The Hall–Kier alpha value is -1.30. The molecule has 0 aliphatic heterocycles. The standard InChI is InChI=1S/C16H20/c1-3-13-8-10-15(11-9-13)16-7-5-6-14(4-2)12-16/h3-5,7-11,15-16H,6,12H2,1-2H3/b13-3?,14-4+. The molecule has 0 saturated heterocycles. The fourth-order valence-corrected chi connectivity index (χ4v) is 2.39. The van der Waals surface area contributed by atoms with Crippen LogP contribution in [0.3, 0.4) is 0 Å². The first kappa shape index (κ1) is 11.2. The first-order chi connectivity index (χ1) is 7.83. The lowest BCUT2D eigenvalue weighted by molar-refractivity contribution is 0.531. The lowest BCUT2D eigenvalue weighted by atomic mass is 9.80. The van der Waals surface area contributed by atoms with E-state index in [1.807, 2.05) is 0 Å². The molecule has 0 radical (unpaired) electrons. The normalized spacial score (nSPS) is 31.1. The van der Waals surface area contributed by atoms with Crippen LogP contribution in [0.4, 0.5) is 0 Å².